The summed E-state index contributed by atoms with van der Waals surface area (Å²) in [5, 5.41) is 3.03. The number of carbonyl (C=O) groups excluding carboxylic acids is 1. The minimum atomic E-state index is 0.133. The van der Waals surface area contributed by atoms with Crippen molar-refractivity contribution >= 4 is 5.91 Å². The second kappa shape index (κ2) is 12.0. The van der Waals surface area contributed by atoms with Gasteiger partial charge in [-0.1, -0.05) is 48.5 Å². The molecule has 2 aromatic carbocycles. The van der Waals surface area contributed by atoms with E-state index in [9.17, 15) is 4.79 Å². The van der Waals surface area contributed by atoms with E-state index in [-0.39, 0.29) is 5.91 Å². The maximum absolute atomic E-state index is 12.1. The van der Waals surface area contributed by atoms with Gasteiger partial charge in [0.15, 0.2) is 0 Å². The zero-order valence-corrected chi connectivity index (χ0v) is 18.7. The number of amides is 1. The average Bonchev–Trinajstić information content (AvgIpc) is 2.77. The van der Waals surface area contributed by atoms with Crippen LogP contribution in [0.15, 0.2) is 73.1 Å². The summed E-state index contributed by atoms with van der Waals surface area (Å²) >= 11 is 0. The Bertz CT molecular complexity index is 938. The molecule has 0 saturated heterocycles. The first-order valence-corrected chi connectivity index (χ1v) is 11.1. The molecule has 3 rings (SSSR count). The lowest BCUT2D eigenvalue weighted by Gasteiger charge is -2.16. The van der Waals surface area contributed by atoms with Gasteiger partial charge in [-0.15, -0.1) is 0 Å². The highest BCUT2D eigenvalue weighted by atomic mass is 16.1. The first kappa shape index (κ1) is 22.7. The van der Waals surface area contributed by atoms with E-state index in [0.29, 0.717) is 13.0 Å². The van der Waals surface area contributed by atoms with Crippen LogP contribution >= 0.6 is 0 Å². The molecule has 0 saturated carbocycles. The summed E-state index contributed by atoms with van der Waals surface area (Å²) in [6, 6.07) is 21.4. The molecule has 1 amide bonds. The molecule has 1 N–H and O–H groups in total. The Labute approximate surface area is 186 Å². The highest BCUT2D eigenvalue weighted by Crippen LogP contribution is 2.15. The Balaban J connectivity index is 1.31. The minimum Gasteiger partial charge on any atom is -0.355 e. The van der Waals surface area contributed by atoms with Crippen molar-refractivity contribution in [2.45, 2.75) is 39.2 Å². The fraction of sp³-hybridized carbons (Fsp3) is 0.333. The minimum absolute atomic E-state index is 0.133. The molecule has 0 atom stereocenters. The Kier molecular flexibility index (Phi) is 8.80. The van der Waals surface area contributed by atoms with Crippen molar-refractivity contribution in [1.29, 1.82) is 0 Å². The van der Waals surface area contributed by atoms with Crippen molar-refractivity contribution in [2.75, 3.05) is 20.1 Å². The second-order valence-corrected chi connectivity index (χ2v) is 8.22. The van der Waals surface area contributed by atoms with Gasteiger partial charge in [0.05, 0.1) is 0 Å². The van der Waals surface area contributed by atoms with Crippen molar-refractivity contribution in [3.63, 3.8) is 0 Å². The fourth-order valence-electron chi connectivity index (χ4n) is 3.66. The first-order chi connectivity index (χ1) is 15.1. The van der Waals surface area contributed by atoms with E-state index in [1.807, 2.05) is 24.5 Å². The monoisotopic (exact) mass is 415 g/mol. The number of carbonyl (C=O) groups is 1. The molecule has 4 nitrogen and oxygen atoms in total. The smallest absolute Gasteiger partial charge is 0.220 e. The van der Waals surface area contributed by atoms with Gasteiger partial charge in [-0.2, -0.15) is 0 Å². The van der Waals surface area contributed by atoms with Crippen LogP contribution in [-0.4, -0.2) is 35.9 Å². The number of nitrogens with zero attached hydrogens (tertiary/aromatic N) is 2. The number of hydrogen-bond donors (Lipinski definition) is 1. The summed E-state index contributed by atoms with van der Waals surface area (Å²) in [6.07, 6.45) is 6.95. The summed E-state index contributed by atoms with van der Waals surface area (Å²) in [4.78, 5) is 18.4. The molecule has 0 aliphatic heterocycles. The van der Waals surface area contributed by atoms with Crippen molar-refractivity contribution in [2.24, 2.45) is 0 Å². The van der Waals surface area contributed by atoms with Crippen LogP contribution in [-0.2, 0) is 24.2 Å². The summed E-state index contributed by atoms with van der Waals surface area (Å²) in [5.41, 5.74) is 6.55. The highest BCUT2D eigenvalue weighted by Gasteiger charge is 2.05. The van der Waals surface area contributed by atoms with Crippen LogP contribution in [0.1, 0.15) is 40.7 Å². The van der Waals surface area contributed by atoms with Gasteiger partial charge in [0.1, 0.15) is 0 Å². The Morgan fingerprint density at radius 3 is 2.39 bits per heavy atom. The lowest BCUT2D eigenvalue weighted by Crippen LogP contribution is -2.32. The normalized spacial score (nSPS) is 10.9. The van der Waals surface area contributed by atoms with Gasteiger partial charge in [0.25, 0.3) is 0 Å². The Morgan fingerprint density at radius 2 is 1.65 bits per heavy atom. The average molecular weight is 416 g/mol. The van der Waals surface area contributed by atoms with Crippen LogP contribution in [0.4, 0.5) is 0 Å². The molecule has 0 spiro atoms. The molecule has 1 heterocycles. The predicted molar refractivity (Wildman–Crippen MR) is 127 cm³/mol. The molecule has 0 aliphatic carbocycles. The van der Waals surface area contributed by atoms with Crippen LogP contribution in [0.25, 0.3) is 0 Å². The van der Waals surface area contributed by atoms with Crippen molar-refractivity contribution < 1.29 is 4.79 Å². The standard InChI is InChI=1S/C27H33N3O/c1-22-6-3-4-8-26(22)20-24-12-10-23(11-13-24)7-5-9-27(31)29-18-19-30(2)21-25-14-16-28-17-15-25/h3-4,6,8,10-17H,5,7,9,18-21H2,1-2H3,(H,29,31). The summed E-state index contributed by atoms with van der Waals surface area (Å²) in [7, 11) is 2.06. The lowest BCUT2D eigenvalue weighted by molar-refractivity contribution is -0.121. The van der Waals surface area contributed by atoms with Gasteiger partial charge < -0.3 is 10.2 Å². The number of pyridine rings is 1. The van der Waals surface area contributed by atoms with E-state index in [4.69, 9.17) is 0 Å². The number of nitrogens with one attached hydrogen (secondary N) is 1. The maximum atomic E-state index is 12.1. The molecule has 0 bridgehead atoms. The van der Waals surface area contributed by atoms with E-state index >= 15 is 0 Å². The molecule has 0 radical (unpaired) electrons. The predicted octanol–water partition coefficient (Wildman–Crippen LogP) is 4.55. The van der Waals surface area contributed by atoms with Gasteiger partial charge >= 0.3 is 0 Å². The molecule has 0 aliphatic rings. The molecule has 162 valence electrons. The van der Waals surface area contributed by atoms with Gasteiger partial charge in [-0.25, -0.2) is 0 Å². The molecule has 1 aromatic heterocycles. The number of benzene rings is 2. The first-order valence-electron chi connectivity index (χ1n) is 11.1. The van der Waals surface area contributed by atoms with Gasteiger partial charge in [0.2, 0.25) is 5.91 Å². The SMILES string of the molecule is Cc1ccccc1Cc1ccc(CCCC(=O)NCCN(C)Cc2ccncc2)cc1. The van der Waals surface area contributed by atoms with E-state index < -0.39 is 0 Å². The Hall–Kier alpha value is -2.98. The summed E-state index contributed by atoms with van der Waals surface area (Å²) in [6.45, 7) is 4.52. The lowest BCUT2D eigenvalue weighted by atomic mass is 9.99. The number of aromatic nitrogens is 1. The Morgan fingerprint density at radius 1 is 0.935 bits per heavy atom. The maximum Gasteiger partial charge on any atom is 0.220 e. The van der Waals surface area contributed by atoms with Gasteiger partial charge in [0, 0.05) is 38.4 Å². The molecule has 4 heteroatoms. The zero-order chi connectivity index (χ0) is 21.9. The van der Waals surface area contributed by atoms with Gasteiger partial charge in [-0.05, 0) is 73.2 Å². The largest absolute Gasteiger partial charge is 0.355 e. The topological polar surface area (TPSA) is 45.2 Å². The molecule has 0 unspecified atom stereocenters. The third-order valence-corrected chi connectivity index (χ3v) is 5.57. The number of aryl methyl sites for hydroxylation is 2. The molecular formula is C27H33N3O. The number of hydrogen-bond acceptors (Lipinski definition) is 3. The zero-order valence-electron chi connectivity index (χ0n) is 18.7. The van der Waals surface area contributed by atoms with Crippen LogP contribution in [0, 0.1) is 6.92 Å². The second-order valence-electron chi connectivity index (χ2n) is 8.22. The molecule has 31 heavy (non-hydrogen) atoms. The van der Waals surface area contributed by atoms with Crippen LogP contribution in [0.5, 0.6) is 0 Å². The van der Waals surface area contributed by atoms with E-state index in [1.165, 1.54) is 27.8 Å². The third-order valence-electron chi connectivity index (χ3n) is 5.57. The quantitative estimate of drug-likeness (QED) is 0.500. The van der Waals surface area contributed by atoms with Crippen molar-refractivity contribution in [3.05, 3.63) is 101 Å². The summed E-state index contributed by atoms with van der Waals surface area (Å²) < 4.78 is 0. The van der Waals surface area contributed by atoms with E-state index in [1.54, 1.807) is 0 Å². The van der Waals surface area contributed by atoms with Crippen molar-refractivity contribution in [3.8, 4) is 0 Å². The molecule has 0 fully saturated rings. The van der Waals surface area contributed by atoms with Crippen LogP contribution < -0.4 is 5.32 Å². The number of likely N-dealkylation sites (N-methyl/N-ethyl adjacent to an activating group) is 1. The molecule has 3 aromatic rings. The van der Waals surface area contributed by atoms with Crippen molar-refractivity contribution in [1.82, 2.24) is 15.2 Å². The van der Waals surface area contributed by atoms with E-state index in [0.717, 1.165) is 32.4 Å². The third kappa shape index (κ3) is 7.99. The highest BCUT2D eigenvalue weighted by molar-refractivity contribution is 5.75. The van der Waals surface area contributed by atoms with Crippen LogP contribution in [0.2, 0.25) is 0 Å². The van der Waals surface area contributed by atoms with E-state index in [2.05, 4.69) is 77.7 Å². The molecular weight excluding hydrogens is 382 g/mol. The van der Waals surface area contributed by atoms with Gasteiger partial charge in [-0.3, -0.25) is 9.78 Å². The number of rotatable bonds is 11. The van der Waals surface area contributed by atoms with Crippen LogP contribution in [0.3, 0.4) is 0 Å². The fourth-order valence-corrected chi connectivity index (χ4v) is 3.66. The summed E-state index contributed by atoms with van der Waals surface area (Å²) in [5.74, 6) is 0.133.